The molecule has 1 heterocycles. The van der Waals surface area contributed by atoms with Crippen LogP contribution in [-0.4, -0.2) is 61.6 Å². The van der Waals surface area contributed by atoms with Crippen LogP contribution in [0.25, 0.3) is 0 Å². The normalized spacial score (nSPS) is 15.1. The molecule has 6 N–H and O–H groups in total. The van der Waals surface area contributed by atoms with Crippen molar-refractivity contribution in [3.8, 4) is 11.5 Å². The van der Waals surface area contributed by atoms with E-state index in [2.05, 4.69) is 32.6 Å². The highest BCUT2D eigenvalue weighted by Gasteiger charge is 2.49. The lowest BCUT2D eigenvalue weighted by Gasteiger charge is -2.27. The number of carbonyl (C=O) groups is 3. The Morgan fingerprint density at radius 3 is 1.63 bits per heavy atom. The fourth-order valence-corrected chi connectivity index (χ4v) is 5.51. The number of hydrogen-bond acceptors (Lipinski definition) is 8. The predicted molar refractivity (Wildman–Crippen MR) is 219 cm³/mol. The summed E-state index contributed by atoms with van der Waals surface area (Å²) < 4.78 is 86.0. The van der Waals surface area contributed by atoms with Gasteiger partial charge in [-0.25, -0.2) is 13.8 Å². The van der Waals surface area contributed by atoms with Gasteiger partial charge in [-0.05, 0) is 70.8 Å². The van der Waals surface area contributed by atoms with Gasteiger partial charge in [-0.15, -0.1) is 25.6 Å². The first-order valence-corrected chi connectivity index (χ1v) is 17.5. The average molecular weight is 861 g/mol. The molecule has 4 aromatic rings. The van der Waals surface area contributed by atoms with E-state index in [4.69, 9.17) is 17.2 Å². The number of halogens is 7. The van der Waals surface area contributed by atoms with Gasteiger partial charge in [0.25, 0.3) is 5.91 Å². The number of ketones is 2. The van der Waals surface area contributed by atoms with Crippen molar-refractivity contribution in [1.29, 1.82) is 0 Å². The van der Waals surface area contributed by atoms with Gasteiger partial charge in [0.1, 0.15) is 23.8 Å². The molecule has 60 heavy (non-hydrogen) atoms. The van der Waals surface area contributed by atoms with Gasteiger partial charge >= 0.3 is 13.2 Å². The van der Waals surface area contributed by atoms with Crippen LogP contribution in [-0.2, 0) is 10.3 Å². The van der Waals surface area contributed by atoms with Crippen LogP contribution in [0.5, 0.6) is 11.5 Å². The summed E-state index contributed by atoms with van der Waals surface area (Å²) in [6, 6.07) is 22.6. The van der Waals surface area contributed by atoms with E-state index >= 15 is 0 Å². The standard InChI is InChI=1S/C21H20F3N3O2.C19H15F3O3.C2H7N3.ClH/c1-3-5-17(22)13-6-4-7-15(12-13)21(18(28)27(2)20(25)26-21)14-8-10-16(11-9-14)29-19(23)24;1-2-4-16(20)13-5-3-6-14(11-13)18(24)17(23)12-7-9-15(10-8-12)25-19(21)22;1-5-2(3)4;/h3-4,6-12,17,19H,1,5H2,2H3,(H2,25,26);2-3,5-11,16,19H,1,4H2;1H3,(H4,3,4,5);1H. The Balaban J connectivity index is 0.000000369. The highest BCUT2D eigenvalue weighted by atomic mass is 35.5. The molecular formula is C42H43ClF6N6O5. The number of carbonyl (C=O) groups excluding carboxylic acids is 3. The molecule has 11 nitrogen and oxygen atoms in total. The van der Waals surface area contributed by atoms with Crippen LogP contribution in [0.1, 0.15) is 68.2 Å². The molecule has 3 atom stereocenters. The Morgan fingerprint density at radius 1 is 0.750 bits per heavy atom. The summed E-state index contributed by atoms with van der Waals surface area (Å²) in [5.41, 5.74) is 15.5. The molecule has 0 bridgehead atoms. The zero-order valence-corrected chi connectivity index (χ0v) is 33.1. The SMILES string of the molecule is C=CCC(F)c1cccc(C(=O)C(=O)c2ccc(OC(F)F)cc2)c1.C=CCC(F)c1cccc(C2(c3ccc(OC(F)F)cc3)N=C(N)N(C)C2=O)c1.CN=C(N)N.Cl. The van der Waals surface area contributed by atoms with Crippen molar-refractivity contribution < 1.29 is 50.2 Å². The molecule has 0 fully saturated rings. The number of likely N-dealkylation sites (N-methyl/N-ethyl adjacent to an activating group) is 1. The number of amides is 1. The molecule has 0 saturated carbocycles. The van der Waals surface area contributed by atoms with Crippen LogP contribution in [0, 0.1) is 0 Å². The van der Waals surface area contributed by atoms with Crippen molar-refractivity contribution >= 4 is 41.8 Å². The van der Waals surface area contributed by atoms with Crippen molar-refractivity contribution in [1.82, 2.24) is 4.90 Å². The third kappa shape index (κ3) is 12.9. The van der Waals surface area contributed by atoms with Crippen LogP contribution in [0.4, 0.5) is 26.3 Å². The fraction of sp³-hybridized carbons (Fsp3) is 0.214. The second kappa shape index (κ2) is 23.1. The lowest BCUT2D eigenvalue weighted by atomic mass is 9.82. The van der Waals surface area contributed by atoms with Gasteiger partial charge in [0.2, 0.25) is 11.6 Å². The molecular weight excluding hydrogens is 818 g/mol. The molecule has 0 aliphatic carbocycles. The Morgan fingerprint density at radius 2 is 1.20 bits per heavy atom. The molecule has 1 aliphatic rings. The highest BCUT2D eigenvalue weighted by Crippen LogP contribution is 2.41. The van der Waals surface area contributed by atoms with Gasteiger partial charge in [-0.2, -0.15) is 17.6 Å². The second-order valence-electron chi connectivity index (χ2n) is 12.4. The van der Waals surface area contributed by atoms with E-state index in [0.717, 1.165) is 0 Å². The van der Waals surface area contributed by atoms with Gasteiger partial charge < -0.3 is 26.7 Å². The number of nitrogens with two attached hydrogens (primary N) is 3. The maximum absolute atomic E-state index is 14.4. The number of Topliss-reactive ketones (excluding diaryl/α,β-unsaturated/α-hetero) is 2. The highest BCUT2D eigenvalue weighted by molar-refractivity contribution is 6.49. The molecule has 0 radical (unpaired) electrons. The van der Waals surface area contributed by atoms with E-state index in [9.17, 15) is 40.7 Å². The zero-order valence-electron chi connectivity index (χ0n) is 32.3. The summed E-state index contributed by atoms with van der Waals surface area (Å²) in [6.07, 6.45) is 0.507. The molecule has 4 aromatic carbocycles. The van der Waals surface area contributed by atoms with Crippen molar-refractivity contribution in [2.24, 2.45) is 27.2 Å². The van der Waals surface area contributed by atoms with Crippen molar-refractivity contribution in [3.05, 3.63) is 156 Å². The molecule has 0 saturated heterocycles. The first-order valence-electron chi connectivity index (χ1n) is 17.5. The summed E-state index contributed by atoms with van der Waals surface area (Å²) in [4.78, 5) is 46.7. The summed E-state index contributed by atoms with van der Waals surface area (Å²) >= 11 is 0. The van der Waals surface area contributed by atoms with Crippen LogP contribution in [0.15, 0.2) is 132 Å². The minimum atomic E-state index is -2.98. The molecule has 18 heteroatoms. The number of nitrogens with zero attached hydrogens (tertiary/aromatic N) is 3. The quantitative estimate of drug-likeness (QED) is 0.0268. The number of ether oxygens (including phenoxy) is 2. The Bertz CT molecular complexity index is 2150. The Kier molecular flexibility index (Phi) is 19.1. The third-order valence-electron chi connectivity index (χ3n) is 8.47. The average Bonchev–Trinajstić information content (AvgIpc) is 3.45. The van der Waals surface area contributed by atoms with Crippen LogP contribution in [0.2, 0.25) is 0 Å². The first-order chi connectivity index (χ1) is 28.0. The predicted octanol–water partition coefficient (Wildman–Crippen LogP) is 8.16. The van der Waals surface area contributed by atoms with E-state index in [-0.39, 0.29) is 65.4 Å². The van der Waals surface area contributed by atoms with Gasteiger partial charge in [0, 0.05) is 38.1 Å². The number of allylic oxidation sites excluding steroid dienone is 2. The van der Waals surface area contributed by atoms with Crippen molar-refractivity contribution in [2.45, 2.75) is 43.9 Å². The lowest BCUT2D eigenvalue weighted by molar-refractivity contribution is -0.129. The minimum absolute atomic E-state index is 0. The van der Waals surface area contributed by atoms with E-state index in [0.29, 0.717) is 16.7 Å². The van der Waals surface area contributed by atoms with E-state index < -0.39 is 48.6 Å². The van der Waals surface area contributed by atoms with Gasteiger partial charge in [0.05, 0.1) is 0 Å². The third-order valence-corrected chi connectivity index (χ3v) is 8.47. The van der Waals surface area contributed by atoms with Crippen molar-refractivity contribution in [3.63, 3.8) is 0 Å². The number of alkyl halides is 6. The molecule has 5 rings (SSSR count). The summed E-state index contributed by atoms with van der Waals surface area (Å²) in [6.45, 7) is 1.06. The summed E-state index contributed by atoms with van der Waals surface area (Å²) in [5, 5.41) is 0. The van der Waals surface area contributed by atoms with E-state index in [1.807, 2.05) is 0 Å². The molecule has 1 amide bonds. The summed E-state index contributed by atoms with van der Waals surface area (Å²) in [5.74, 6) is -2.12. The second-order valence-corrected chi connectivity index (χ2v) is 12.4. The van der Waals surface area contributed by atoms with Gasteiger partial charge in [0.15, 0.2) is 17.5 Å². The lowest BCUT2D eigenvalue weighted by Crippen LogP contribution is -2.41. The van der Waals surface area contributed by atoms with Crippen LogP contribution >= 0.6 is 12.4 Å². The van der Waals surface area contributed by atoms with Crippen LogP contribution in [0.3, 0.4) is 0 Å². The van der Waals surface area contributed by atoms with Crippen molar-refractivity contribution in [2.75, 3.05) is 14.1 Å². The number of hydrogen-bond donors (Lipinski definition) is 3. The molecule has 320 valence electrons. The fourth-order valence-electron chi connectivity index (χ4n) is 5.51. The number of guanidine groups is 2. The molecule has 1 aliphatic heterocycles. The smallest absolute Gasteiger partial charge is 0.387 e. The molecule has 0 aromatic heterocycles. The number of aliphatic imine (C=N–C) groups is 2. The minimum Gasteiger partial charge on any atom is -0.435 e. The van der Waals surface area contributed by atoms with Gasteiger partial charge in [-0.3, -0.25) is 24.3 Å². The van der Waals surface area contributed by atoms with Crippen LogP contribution < -0.4 is 26.7 Å². The zero-order chi connectivity index (χ0) is 43.9. The Hall–Kier alpha value is -6.62. The maximum Gasteiger partial charge on any atom is 0.387 e. The van der Waals surface area contributed by atoms with E-state index in [1.54, 1.807) is 24.3 Å². The number of rotatable bonds is 15. The Labute approximate surface area is 348 Å². The van der Waals surface area contributed by atoms with E-state index in [1.165, 1.54) is 104 Å². The number of benzene rings is 4. The topological polar surface area (TPSA) is 176 Å². The monoisotopic (exact) mass is 860 g/mol. The first kappa shape index (κ1) is 49.5. The molecule has 0 spiro atoms. The maximum atomic E-state index is 14.4. The summed E-state index contributed by atoms with van der Waals surface area (Å²) in [7, 11) is 3.02. The van der Waals surface area contributed by atoms with Gasteiger partial charge in [-0.1, -0.05) is 60.7 Å². The molecule has 3 unspecified atom stereocenters. The largest absolute Gasteiger partial charge is 0.435 e.